The fourth-order valence-electron chi connectivity index (χ4n) is 1.96. The molecule has 1 aromatic carbocycles. The van der Waals surface area contributed by atoms with Crippen LogP contribution in [0.5, 0.6) is 0 Å². The Labute approximate surface area is 112 Å². The summed E-state index contributed by atoms with van der Waals surface area (Å²) >= 11 is 2.00. The molecule has 3 N–H and O–H groups in total. The first-order valence-corrected chi connectivity index (χ1v) is 8.69. The largest absolute Gasteiger partial charge is 0.310 e. The van der Waals surface area contributed by atoms with Crippen LogP contribution in [0.1, 0.15) is 18.4 Å². The Balaban J connectivity index is 1.90. The molecule has 1 aromatic rings. The van der Waals surface area contributed by atoms with Crippen molar-refractivity contribution in [3.63, 3.8) is 0 Å². The molecule has 100 valence electrons. The molecule has 18 heavy (non-hydrogen) atoms. The molecule has 0 unspecified atom stereocenters. The predicted octanol–water partition coefficient (Wildman–Crippen LogP) is 1.32. The zero-order valence-electron chi connectivity index (χ0n) is 10.1. The molecule has 1 aliphatic rings. The van der Waals surface area contributed by atoms with Gasteiger partial charge < -0.3 is 5.32 Å². The van der Waals surface area contributed by atoms with E-state index in [0.29, 0.717) is 6.04 Å². The van der Waals surface area contributed by atoms with E-state index in [4.69, 9.17) is 5.14 Å². The third kappa shape index (κ3) is 3.98. The number of benzene rings is 1. The highest BCUT2D eigenvalue weighted by atomic mass is 32.2. The van der Waals surface area contributed by atoms with Crippen molar-refractivity contribution < 1.29 is 8.42 Å². The molecule has 1 heterocycles. The summed E-state index contributed by atoms with van der Waals surface area (Å²) in [5.41, 5.74) is 1.08. The predicted molar refractivity (Wildman–Crippen MR) is 75.0 cm³/mol. The van der Waals surface area contributed by atoms with E-state index in [1.54, 1.807) is 12.1 Å². The van der Waals surface area contributed by atoms with Gasteiger partial charge >= 0.3 is 0 Å². The number of nitrogens with two attached hydrogens (primary N) is 1. The molecule has 0 atom stereocenters. The number of sulfonamides is 1. The van der Waals surface area contributed by atoms with Crippen LogP contribution in [-0.4, -0.2) is 26.0 Å². The van der Waals surface area contributed by atoms with Gasteiger partial charge in [0.2, 0.25) is 10.0 Å². The van der Waals surface area contributed by atoms with E-state index >= 15 is 0 Å². The molecule has 0 amide bonds. The molecule has 1 fully saturated rings. The minimum atomic E-state index is -3.58. The molecule has 0 aromatic heterocycles. The topological polar surface area (TPSA) is 72.2 Å². The SMILES string of the molecule is NS(=O)(=O)c1ccc(CNC2CCSCC2)cc1. The van der Waals surface area contributed by atoms with E-state index < -0.39 is 10.0 Å². The lowest BCUT2D eigenvalue weighted by molar-refractivity contribution is 0.482. The van der Waals surface area contributed by atoms with Gasteiger partial charge in [-0.3, -0.25) is 0 Å². The molecule has 0 radical (unpaired) electrons. The van der Waals surface area contributed by atoms with Gasteiger partial charge in [0.25, 0.3) is 0 Å². The van der Waals surface area contributed by atoms with Gasteiger partial charge in [-0.15, -0.1) is 0 Å². The second-order valence-electron chi connectivity index (χ2n) is 4.46. The quantitative estimate of drug-likeness (QED) is 0.875. The Morgan fingerprint density at radius 2 is 1.83 bits per heavy atom. The summed E-state index contributed by atoms with van der Waals surface area (Å²) in [5, 5.41) is 8.55. The summed E-state index contributed by atoms with van der Waals surface area (Å²) in [6.45, 7) is 0.778. The van der Waals surface area contributed by atoms with Gasteiger partial charge in [-0.25, -0.2) is 13.6 Å². The first kappa shape index (κ1) is 13.9. The molecule has 0 bridgehead atoms. The van der Waals surface area contributed by atoms with Crippen LogP contribution in [0.15, 0.2) is 29.2 Å². The van der Waals surface area contributed by atoms with Crippen molar-refractivity contribution in [1.82, 2.24) is 5.32 Å². The standard InChI is InChI=1S/C12H18N2O2S2/c13-18(15,16)12-3-1-10(2-4-12)9-14-11-5-7-17-8-6-11/h1-4,11,14H,5-9H2,(H2,13,15,16). The molecule has 0 saturated carbocycles. The normalized spacial score (nSPS) is 17.8. The molecular formula is C12H18N2O2S2. The van der Waals surface area contributed by atoms with Gasteiger partial charge in [0.05, 0.1) is 4.90 Å². The number of rotatable bonds is 4. The van der Waals surface area contributed by atoms with Crippen molar-refractivity contribution in [2.75, 3.05) is 11.5 Å². The average Bonchev–Trinajstić information content (AvgIpc) is 2.37. The summed E-state index contributed by atoms with van der Waals surface area (Å²) < 4.78 is 22.2. The van der Waals surface area contributed by atoms with Crippen molar-refractivity contribution in [2.24, 2.45) is 5.14 Å². The maximum absolute atomic E-state index is 11.1. The third-order valence-corrected chi connectivity index (χ3v) is 5.05. The number of hydrogen-bond acceptors (Lipinski definition) is 4. The van der Waals surface area contributed by atoms with Crippen LogP contribution in [0.2, 0.25) is 0 Å². The average molecular weight is 286 g/mol. The van der Waals surface area contributed by atoms with Crippen molar-refractivity contribution >= 4 is 21.8 Å². The number of primary sulfonamides is 1. The molecule has 6 heteroatoms. The van der Waals surface area contributed by atoms with E-state index in [1.807, 2.05) is 23.9 Å². The second kappa shape index (κ2) is 6.06. The fraction of sp³-hybridized carbons (Fsp3) is 0.500. The maximum Gasteiger partial charge on any atom is 0.238 e. The van der Waals surface area contributed by atoms with Crippen LogP contribution in [0.3, 0.4) is 0 Å². The molecule has 0 aliphatic carbocycles. The van der Waals surface area contributed by atoms with Crippen molar-refractivity contribution in [3.05, 3.63) is 29.8 Å². The van der Waals surface area contributed by atoms with E-state index in [0.717, 1.165) is 12.1 Å². The Morgan fingerprint density at radius 3 is 2.39 bits per heavy atom. The first-order valence-electron chi connectivity index (χ1n) is 5.98. The summed E-state index contributed by atoms with van der Waals surface area (Å²) in [5.74, 6) is 2.45. The summed E-state index contributed by atoms with van der Waals surface area (Å²) in [4.78, 5) is 0.167. The van der Waals surface area contributed by atoms with E-state index in [9.17, 15) is 8.42 Å². The van der Waals surface area contributed by atoms with E-state index in [-0.39, 0.29) is 4.90 Å². The van der Waals surface area contributed by atoms with Crippen LogP contribution in [0.25, 0.3) is 0 Å². The minimum Gasteiger partial charge on any atom is -0.310 e. The Bertz CT molecular complexity index is 479. The Morgan fingerprint density at radius 1 is 1.22 bits per heavy atom. The first-order chi connectivity index (χ1) is 8.55. The van der Waals surface area contributed by atoms with Gasteiger partial charge in [0.15, 0.2) is 0 Å². The van der Waals surface area contributed by atoms with Crippen molar-refractivity contribution in [2.45, 2.75) is 30.3 Å². The molecule has 4 nitrogen and oxygen atoms in total. The minimum absolute atomic E-state index is 0.167. The Hall–Kier alpha value is -0.560. The van der Waals surface area contributed by atoms with Gasteiger partial charge in [-0.05, 0) is 42.0 Å². The van der Waals surface area contributed by atoms with Crippen LogP contribution in [-0.2, 0) is 16.6 Å². The van der Waals surface area contributed by atoms with E-state index in [2.05, 4.69) is 5.32 Å². The molecule has 2 rings (SSSR count). The lowest BCUT2D eigenvalue weighted by Crippen LogP contribution is -2.32. The molecule has 1 aliphatic heterocycles. The number of thioether (sulfide) groups is 1. The lowest BCUT2D eigenvalue weighted by atomic mass is 10.1. The number of nitrogens with one attached hydrogen (secondary N) is 1. The number of hydrogen-bond donors (Lipinski definition) is 2. The van der Waals surface area contributed by atoms with Crippen LogP contribution in [0.4, 0.5) is 0 Å². The highest BCUT2D eigenvalue weighted by Crippen LogP contribution is 2.17. The zero-order chi connectivity index (χ0) is 13.0. The summed E-state index contributed by atoms with van der Waals surface area (Å²) in [7, 11) is -3.58. The lowest BCUT2D eigenvalue weighted by Gasteiger charge is -2.22. The second-order valence-corrected chi connectivity index (χ2v) is 7.24. The monoisotopic (exact) mass is 286 g/mol. The van der Waals surface area contributed by atoms with Crippen molar-refractivity contribution in [1.29, 1.82) is 0 Å². The maximum atomic E-state index is 11.1. The zero-order valence-corrected chi connectivity index (χ0v) is 11.8. The van der Waals surface area contributed by atoms with Crippen LogP contribution < -0.4 is 10.5 Å². The van der Waals surface area contributed by atoms with Gasteiger partial charge in [-0.1, -0.05) is 12.1 Å². The highest BCUT2D eigenvalue weighted by Gasteiger charge is 2.13. The smallest absolute Gasteiger partial charge is 0.238 e. The highest BCUT2D eigenvalue weighted by molar-refractivity contribution is 7.99. The molecule has 0 spiro atoms. The summed E-state index contributed by atoms with van der Waals surface area (Å²) in [6.07, 6.45) is 2.42. The third-order valence-electron chi connectivity index (χ3n) is 3.07. The van der Waals surface area contributed by atoms with Gasteiger partial charge in [0, 0.05) is 12.6 Å². The summed E-state index contributed by atoms with van der Waals surface area (Å²) in [6, 6.07) is 7.32. The fourth-order valence-corrected chi connectivity index (χ4v) is 3.58. The van der Waals surface area contributed by atoms with Gasteiger partial charge in [0.1, 0.15) is 0 Å². The van der Waals surface area contributed by atoms with E-state index in [1.165, 1.54) is 24.3 Å². The van der Waals surface area contributed by atoms with Crippen LogP contribution >= 0.6 is 11.8 Å². The molecular weight excluding hydrogens is 268 g/mol. The molecule has 1 saturated heterocycles. The Kier molecular flexibility index (Phi) is 4.66. The van der Waals surface area contributed by atoms with Gasteiger partial charge in [-0.2, -0.15) is 11.8 Å². The van der Waals surface area contributed by atoms with Crippen LogP contribution in [0, 0.1) is 0 Å². The van der Waals surface area contributed by atoms with Crippen molar-refractivity contribution in [3.8, 4) is 0 Å².